The number of hydrogen-bond donors (Lipinski definition) is 3. The lowest BCUT2D eigenvalue weighted by molar-refractivity contribution is 0.0697. The molecule has 118 valence electrons. The highest BCUT2D eigenvalue weighted by Gasteiger charge is 2.03. The molecule has 23 heavy (non-hydrogen) atoms. The van der Waals surface area contributed by atoms with Gasteiger partial charge in [0.15, 0.2) is 5.11 Å². The van der Waals surface area contributed by atoms with E-state index in [2.05, 4.69) is 15.8 Å². The van der Waals surface area contributed by atoms with E-state index in [1.165, 1.54) is 12.1 Å². The zero-order chi connectivity index (χ0) is 16.7. The highest BCUT2D eigenvalue weighted by atomic mass is 32.1. The summed E-state index contributed by atoms with van der Waals surface area (Å²) >= 11 is 5.10. The smallest absolute Gasteiger partial charge is 0.335 e. The molecular weight excluding hydrogens is 314 g/mol. The van der Waals surface area contributed by atoms with Crippen LogP contribution >= 0.6 is 12.2 Å². The van der Waals surface area contributed by atoms with Gasteiger partial charge in [-0.05, 0) is 48.1 Å². The SMILES string of the molecule is COc1cccc(/C=N\NC(=S)Nc2cccc(C(=O)O)c2)c1. The van der Waals surface area contributed by atoms with Crippen molar-refractivity contribution in [2.45, 2.75) is 0 Å². The minimum Gasteiger partial charge on any atom is -0.497 e. The number of nitrogens with zero attached hydrogens (tertiary/aromatic N) is 1. The van der Waals surface area contributed by atoms with Crippen molar-refractivity contribution in [2.24, 2.45) is 5.10 Å². The van der Waals surface area contributed by atoms with Crippen LogP contribution in [0.3, 0.4) is 0 Å². The third kappa shape index (κ3) is 5.08. The Balaban J connectivity index is 1.93. The van der Waals surface area contributed by atoms with Crippen LogP contribution in [0.25, 0.3) is 0 Å². The van der Waals surface area contributed by atoms with Gasteiger partial charge < -0.3 is 15.2 Å². The Morgan fingerprint density at radius 2 is 2.04 bits per heavy atom. The van der Waals surface area contributed by atoms with Gasteiger partial charge in [-0.25, -0.2) is 4.79 Å². The molecule has 0 atom stereocenters. The first kappa shape index (κ1) is 16.4. The Hall–Kier alpha value is -2.93. The Labute approximate surface area is 138 Å². The van der Waals surface area contributed by atoms with Crippen LogP contribution in [0.5, 0.6) is 5.75 Å². The second-order valence-corrected chi connectivity index (χ2v) is 4.89. The van der Waals surface area contributed by atoms with Crippen molar-refractivity contribution in [3.63, 3.8) is 0 Å². The Bertz CT molecular complexity index is 747. The van der Waals surface area contributed by atoms with Gasteiger partial charge in [0.05, 0.1) is 18.9 Å². The van der Waals surface area contributed by atoms with Gasteiger partial charge in [0, 0.05) is 5.69 Å². The number of carbonyl (C=O) groups is 1. The molecule has 2 aromatic rings. The van der Waals surface area contributed by atoms with Crippen molar-refractivity contribution < 1.29 is 14.6 Å². The van der Waals surface area contributed by atoms with Crippen LogP contribution in [0.1, 0.15) is 15.9 Å². The molecule has 2 rings (SSSR count). The Morgan fingerprint density at radius 3 is 2.78 bits per heavy atom. The molecule has 0 fully saturated rings. The largest absolute Gasteiger partial charge is 0.497 e. The molecule has 0 amide bonds. The fourth-order valence-corrected chi connectivity index (χ4v) is 1.95. The number of aromatic carboxylic acids is 1. The van der Waals surface area contributed by atoms with Crippen LogP contribution in [0, 0.1) is 0 Å². The molecule has 0 aliphatic heterocycles. The van der Waals surface area contributed by atoms with Crippen LogP contribution in [0.4, 0.5) is 5.69 Å². The number of benzene rings is 2. The van der Waals surface area contributed by atoms with Gasteiger partial charge in [0.2, 0.25) is 0 Å². The molecule has 0 spiro atoms. The summed E-state index contributed by atoms with van der Waals surface area (Å²) in [5.74, 6) is -0.260. The maximum Gasteiger partial charge on any atom is 0.335 e. The molecule has 0 unspecified atom stereocenters. The van der Waals surface area contributed by atoms with Gasteiger partial charge in [-0.2, -0.15) is 5.10 Å². The minimum atomic E-state index is -0.997. The maximum absolute atomic E-state index is 10.9. The maximum atomic E-state index is 10.9. The van der Waals surface area contributed by atoms with E-state index in [0.717, 1.165) is 11.3 Å². The van der Waals surface area contributed by atoms with E-state index >= 15 is 0 Å². The fourth-order valence-electron chi connectivity index (χ4n) is 1.78. The highest BCUT2D eigenvalue weighted by molar-refractivity contribution is 7.80. The molecule has 0 bridgehead atoms. The summed E-state index contributed by atoms with van der Waals surface area (Å²) in [5.41, 5.74) is 4.27. The predicted octanol–water partition coefficient (Wildman–Crippen LogP) is 2.71. The topological polar surface area (TPSA) is 83.0 Å². The van der Waals surface area contributed by atoms with Crippen molar-refractivity contribution in [3.8, 4) is 5.75 Å². The number of thiocarbonyl (C=S) groups is 1. The number of rotatable bonds is 5. The van der Waals surface area contributed by atoms with Gasteiger partial charge in [0.1, 0.15) is 5.75 Å². The molecule has 0 radical (unpaired) electrons. The molecule has 0 saturated carbocycles. The van der Waals surface area contributed by atoms with Gasteiger partial charge in [-0.1, -0.05) is 18.2 Å². The molecule has 0 aliphatic rings. The van der Waals surface area contributed by atoms with Crippen LogP contribution in [0.15, 0.2) is 53.6 Å². The lowest BCUT2D eigenvalue weighted by Crippen LogP contribution is -2.24. The zero-order valence-corrected chi connectivity index (χ0v) is 13.1. The monoisotopic (exact) mass is 329 g/mol. The van der Waals surface area contributed by atoms with Crippen molar-refractivity contribution >= 4 is 35.2 Å². The van der Waals surface area contributed by atoms with Gasteiger partial charge in [-0.15, -0.1) is 0 Å². The lowest BCUT2D eigenvalue weighted by atomic mass is 10.2. The van der Waals surface area contributed by atoms with Crippen molar-refractivity contribution in [3.05, 3.63) is 59.7 Å². The highest BCUT2D eigenvalue weighted by Crippen LogP contribution is 2.11. The standard InChI is InChI=1S/C16H15N3O3S/c1-22-14-7-2-4-11(8-14)10-17-19-16(23)18-13-6-3-5-12(9-13)15(20)21/h2-10H,1H3,(H,20,21)(H2,18,19,23)/b17-10-. The molecule has 6 nitrogen and oxygen atoms in total. The van der Waals surface area contributed by atoms with E-state index in [1.807, 2.05) is 24.3 Å². The predicted molar refractivity (Wildman–Crippen MR) is 93.3 cm³/mol. The van der Waals surface area contributed by atoms with Crippen LogP contribution in [-0.4, -0.2) is 29.5 Å². The van der Waals surface area contributed by atoms with Gasteiger partial charge in [-0.3, -0.25) is 5.43 Å². The molecule has 0 saturated heterocycles. The second-order valence-electron chi connectivity index (χ2n) is 4.49. The molecule has 0 aromatic heterocycles. The number of anilines is 1. The first-order valence-corrected chi connectivity index (χ1v) is 7.07. The summed E-state index contributed by atoms with van der Waals surface area (Å²) in [6.07, 6.45) is 1.60. The first-order chi connectivity index (χ1) is 11.1. The molecule has 0 aliphatic carbocycles. The summed E-state index contributed by atoms with van der Waals surface area (Å²) in [7, 11) is 1.60. The number of ether oxygens (including phenoxy) is 1. The van der Waals surface area contributed by atoms with Crippen LogP contribution < -0.4 is 15.5 Å². The normalized spacial score (nSPS) is 10.3. The molecule has 3 N–H and O–H groups in total. The van der Waals surface area contributed by atoms with E-state index in [-0.39, 0.29) is 10.7 Å². The summed E-state index contributed by atoms with van der Waals surface area (Å²) in [6.45, 7) is 0. The minimum absolute atomic E-state index is 0.178. The molecule has 7 heteroatoms. The van der Waals surface area contributed by atoms with E-state index in [1.54, 1.807) is 25.5 Å². The summed E-state index contributed by atoms with van der Waals surface area (Å²) < 4.78 is 5.12. The molecular formula is C16H15N3O3S. The van der Waals surface area contributed by atoms with Gasteiger partial charge >= 0.3 is 5.97 Å². The number of hydrazone groups is 1. The van der Waals surface area contributed by atoms with E-state index < -0.39 is 5.97 Å². The fraction of sp³-hybridized carbons (Fsp3) is 0.0625. The van der Waals surface area contributed by atoms with Crippen LogP contribution in [0.2, 0.25) is 0 Å². The molecule has 0 heterocycles. The van der Waals surface area contributed by atoms with E-state index in [0.29, 0.717) is 5.69 Å². The Morgan fingerprint density at radius 1 is 1.26 bits per heavy atom. The summed E-state index contributed by atoms with van der Waals surface area (Å²) in [6, 6.07) is 13.7. The number of methoxy groups -OCH3 is 1. The third-order valence-corrected chi connectivity index (χ3v) is 3.03. The average molecular weight is 329 g/mol. The van der Waals surface area contributed by atoms with Gasteiger partial charge in [0.25, 0.3) is 0 Å². The number of nitrogens with one attached hydrogen (secondary N) is 2. The van der Waals surface area contributed by atoms with Crippen molar-refractivity contribution in [1.82, 2.24) is 5.43 Å². The summed E-state index contributed by atoms with van der Waals surface area (Å²) in [5, 5.41) is 16.1. The van der Waals surface area contributed by atoms with Crippen LogP contribution in [-0.2, 0) is 0 Å². The summed E-state index contributed by atoms with van der Waals surface area (Å²) in [4.78, 5) is 10.9. The lowest BCUT2D eigenvalue weighted by Gasteiger charge is -2.07. The quantitative estimate of drug-likeness (QED) is 0.444. The van der Waals surface area contributed by atoms with Crippen molar-refractivity contribution in [2.75, 3.05) is 12.4 Å². The zero-order valence-electron chi connectivity index (χ0n) is 12.3. The van der Waals surface area contributed by atoms with Crippen molar-refractivity contribution in [1.29, 1.82) is 0 Å². The first-order valence-electron chi connectivity index (χ1n) is 6.66. The molecule has 2 aromatic carbocycles. The third-order valence-electron chi connectivity index (χ3n) is 2.84. The van der Waals surface area contributed by atoms with E-state index in [9.17, 15) is 4.79 Å². The number of carboxylic acid groups (broad SMARTS) is 1. The van der Waals surface area contributed by atoms with E-state index in [4.69, 9.17) is 22.1 Å². The number of carboxylic acids is 1. The number of hydrogen-bond acceptors (Lipinski definition) is 4. The average Bonchev–Trinajstić information content (AvgIpc) is 2.55. The second kappa shape index (κ2) is 7.90. The Kier molecular flexibility index (Phi) is 5.65.